The predicted molar refractivity (Wildman–Crippen MR) is 105 cm³/mol. The lowest BCUT2D eigenvalue weighted by Gasteiger charge is -2.49. The van der Waals surface area contributed by atoms with Gasteiger partial charge in [0, 0.05) is 0 Å². The molecule has 148 valence electrons. The summed E-state index contributed by atoms with van der Waals surface area (Å²) in [6.45, 7) is 4.65. The van der Waals surface area contributed by atoms with Crippen LogP contribution in [-0.2, 0) is 16.7 Å². The molecule has 0 radical (unpaired) electrons. The standard InChI is InChI=1S/C21H29NO4S/c1-4-14-6-8-18-16-7-5-13-11-20(26-27(22,23)24)19(25-3)12-17(13)15(16)9-10-21(14,18)2/h4,11-12,15-16,18H,5-10H2,1-3H3,(H2,22,23,24)/b14-4-. The Balaban J connectivity index is 1.71. The van der Waals surface area contributed by atoms with E-state index >= 15 is 0 Å². The van der Waals surface area contributed by atoms with Crippen molar-refractivity contribution in [2.45, 2.75) is 58.3 Å². The Hall–Kier alpha value is -1.53. The minimum Gasteiger partial charge on any atom is -0.493 e. The monoisotopic (exact) mass is 391 g/mol. The van der Waals surface area contributed by atoms with Crippen molar-refractivity contribution in [3.05, 3.63) is 34.9 Å². The lowest BCUT2D eigenvalue weighted by Crippen LogP contribution is -2.40. The Morgan fingerprint density at radius 2 is 1.96 bits per heavy atom. The van der Waals surface area contributed by atoms with Crippen LogP contribution in [0.3, 0.4) is 0 Å². The zero-order valence-electron chi connectivity index (χ0n) is 16.3. The second-order valence-electron chi connectivity index (χ2n) is 8.50. The Bertz CT molecular complexity index is 892. The van der Waals surface area contributed by atoms with Crippen molar-refractivity contribution in [3.8, 4) is 11.5 Å². The van der Waals surface area contributed by atoms with Crippen molar-refractivity contribution in [3.63, 3.8) is 0 Å². The molecular formula is C21H29NO4S. The minimum atomic E-state index is -4.07. The van der Waals surface area contributed by atoms with E-state index in [1.54, 1.807) is 5.57 Å². The maximum absolute atomic E-state index is 11.4. The van der Waals surface area contributed by atoms with Gasteiger partial charge in [-0.25, -0.2) is 0 Å². The number of fused-ring (bicyclic) bond motifs is 5. The summed E-state index contributed by atoms with van der Waals surface area (Å²) in [5.74, 6) is 2.57. The number of hydrogen-bond acceptors (Lipinski definition) is 4. The highest BCUT2D eigenvalue weighted by Gasteiger charge is 2.52. The summed E-state index contributed by atoms with van der Waals surface area (Å²) in [5, 5.41) is 5.06. The fourth-order valence-electron chi connectivity index (χ4n) is 6.25. The Labute approximate surface area is 162 Å². The molecule has 6 heteroatoms. The van der Waals surface area contributed by atoms with Gasteiger partial charge in [-0.15, -0.1) is 0 Å². The third-order valence-electron chi connectivity index (χ3n) is 7.41. The molecular weight excluding hydrogens is 362 g/mol. The van der Waals surface area contributed by atoms with Gasteiger partial charge in [-0.3, -0.25) is 0 Å². The van der Waals surface area contributed by atoms with Gasteiger partial charge in [0.1, 0.15) is 0 Å². The van der Waals surface area contributed by atoms with Crippen molar-refractivity contribution in [2.24, 2.45) is 22.4 Å². The summed E-state index contributed by atoms with van der Waals surface area (Å²) >= 11 is 0. The van der Waals surface area contributed by atoms with Crippen molar-refractivity contribution >= 4 is 10.3 Å². The number of benzene rings is 1. The van der Waals surface area contributed by atoms with E-state index in [9.17, 15) is 8.42 Å². The Morgan fingerprint density at radius 3 is 2.63 bits per heavy atom. The molecule has 27 heavy (non-hydrogen) atoms. The van der Waals surface area contributed by atoms with Crippen LogP contribution in [-0.4, -0.2) is 15.5 Å². The second-order valence-corrected chi connectivity index (χ2v) is 9.65. The van der Waals surface area contributed by atoms with Gasteiger partial charge < -0.3 is 8.92 Å². The first-order valence-corrected chi connectivity index (χ1v) is 11.3. The number of rotatable bonds is 3. The molecule has 0 saturated heterocycles. The summed E-state index contributed by atoms with van der Waals surface area (Å²) < 4.78 is 33.1. The molecule has 1 aromatic rings. The number of hydrogen-bond donors (Lipinski definition) is 1. The normalized spacial score (nSPS) is 33.9. The number of aryl methyl sites for hydroxylation is 1. The number of nitrogens with two attached hydrogens (primary N) is 1. The fourth-order valence-corrected chi connectivity index (χ4v) is 6.63. The van der Waals surface area contributed by atoms with Crippen molar-refractivity contribution < 1.29 is 17.3 Å². The van der Waals surface area contributed by atoms with Crippen molar-refractivity contribution in [1.29, 1.82) is 0 Å². The summed E-state index contributed by atoms with van der Waals surface area (Å²) in [7, 11) is -2.54. The van der Waals surface area contributed by atoms with E-state index < -0.39 is 10.3 Å². The van der Waals surface area contributed by atoms with Crippen LogP contribution in [0.15, 0.2) is 23.8 Å². The van der Waals surface area contributed by atoms with E-state index in [1.807, 2.05) is 12.1 Å². The Morgan fingerprint density at radius 1 is 1.19 bits per heavy atom. The average Bonchev–Trinajstić information content (AvgIpc) is 2.95. The molecule has 0 aliphatic heterocycles. The van der Waals surface area contributed by atoms with Crippen LogP contribution in [0, 0.1) is 17.3 Å². The lowest BCUT2D eigenvalue weighted by molar-refractivity contribution is 0.0812. The van der Waals surface area contributed by atoms with E-state index in [-0.39, 0.29) is 5.75 Å². The first-order chi connectivity index (χ1) is 12.8. The quantitative estimate of drug-likeness (QED) is 0.788. The highest BCUT2D eigenvalue weighted by molar-refractivity contribution is 7.84. The fraction of sp³-hybridized carbons (Fsp3) is 0.619. The molecule has 3 aliphatic carbocycles. The molecule has 0 heterocycles. The highest BCUT2D eigenvalue weighted by Crippen LogP contribution is 2.63. The first kappa shape index (κ1) is 18.8. The average molecular weight is 392 g/mol. The summed E-state index contributed by atoms with van der Waals surface area (Å²) in [6, 6.07) is 3.80. The molecule has 2 fully saturated rings. The van der Waals surface area contributed by atoms with Gasteiger partial charge in [0.15, 0.2) is 11.5 Å². The SMILES string of the molecule is C/C=C1/CCC2C3CCc4cc(OS(N)(=O)=O)c(OC)cc4C3CCC12C. The van der Waals surface area contributed by atoms with Gasteiger partial charge in [0.2, 0.25) is 0 Å². The molecule has 2 N–H and O–H groups in total. The van der Waals surface area contributed by atoms with E-state index in [0.717, 1.165) is 18.8 Å². The maximum Gasteiger partial charge on any atom is 0.380 e. The van der Waals surface area contributed by atoms with E-state index in [2.05, 4.69) is 19.9 Å². The molecule has 4 atom stereocenters. The van der Waals surface area contributed by atoms with Crippen LogP contribution in [0.5, 0.6) is 11.5 Å². The van der Waals surface area contributed by atoms with Crippen LogP contribution < -0.4 is 14.1 Å². The van der Waals surface area contributed by atoms with Crippen LogP contribution >= 0.6 is 0 Å². The van der Waals surface area contributed by atoms with Gasteiger partial charge in [-0.05, 0) is 91.9 Å². The molecule has 4 rings (SSSR count). The van der Waals surface area contributed by atoms with Gasteiger partial charge in [0.05, 0.1) is 7.11 Å². The highest BCUT2D eigenvalue weighted by atomic mass is 32.2. The summed E-state index contributed by atoms with van der Waals surface area (Å²) in [4.78, 5) is 0. The largest absolute Gasteiger partial charge is 0.493 e. The van der Waals surface area contributed by atoms with Crippen LogP contribution in [0.2, 0.25) is 0 Å². The van der Waals surface area contributed by atoms with Crippen LogP contribution in [0.25, 0.3) is 0 Å². The molecule has 0 bridgehead atoms. The van der Waals surface area contributed by atoms with Gasteiger partial charge in [0.25, 0.3) is 0 Å². The third kappa shape index (κ3) is 3.07. The smallest absolute Gasteiger partial charge is 0.380 e. The number of allylic oxidation sites excluding steroid dienone is 2. The molecule has 4 unspecified atom stereocenters. The maximum atomic E-state index is 11.4. The summed E-state index contributed by atoms with van der Waals surface area (Å²) in [6.07, 6.45) is 9.34. The van der Waals surface area contributed by atoms with Crippen LogP contribution in [0.1, 0.15) is 63.0 Å². The summed E-state index contributed by atoms with van der Waals surface area (Å²) in [5.41, 5.74) is 4.48. The van der Waals surface area contributed by atoms with E-state index in [4.69, 9.17) is 14.1 Å². The van der Waals surface area contributed by atoms with Gasteiger partial charge in [-0.1, -0.05) is 18.6 Å². The number of methoxy groups -OCH3 is 1. The molecule has 1 aromatic carbocycles. The Kier molecular flexibility index (Phi) is 4.54. The molecule has 0 spiro atoms. The van der Waals surface area contributed by atoms with E-state index in [0.29, 0.717) is 23.0 Å². The molecule has 2 saturated carbocycles. The van der Waals surface area contributed by atoms with Gasteiger partial charge in [-0.2, -0.15) is 13.6 Å². The number of ether oxygens (including phenoxy) is 1. The van der Waals surface area contributed by atoms with Crippen molar-refractivity contribution in [2.75, 3.05) is 7.11 Å². The second kappa shape index (κ2) is 6.52. The van der Waals surface area contributed by atoms with Crippen molar-refractivity contribution in [1.82, 2.24) is 0 Å². The molecule has 5 nitrogen and oxygen atoms in total. The minimum absolute atomic E-state index is 0.190. The zero-order chi connectivity index (χ0) is 19.4. The van der Waals surface area contributed by atoms with Crippen LogP contribution in [0.4, 0.5) is 0 Å². The predicted octanol–water partition coefficient (Wildman–Crippen LogP) is 4.08. The first-order valence-electron chi connectivity index (χ1n) is 9.85. The lowest BCUT2D eigenvalue weighted by atomic mass is 9.55. The van der Waals surface area contributed by atoms with E-state index in [1.165, 1.54) is 43.9 Å². The topological polar surface area (TPSA) is 78.6 Å². The zero-order valence-corrected chi connectivity index (χ0v) is 17.1. The molecule has 0 aromatic heterocycles. The molecule has 0 amide bonds. The third-order valence-corrected chi connectivity index (χ3v) is 7.82. The van der Waals surface area contributed by atoms with Gasteiger partial charge >= 0.3 is 10.3 Å². The molecule has 3 aliphatic rings.